The summed E-state index contributed by atoms with van der Waals surface area (Å²) in [5, 5.41) is 3.24. The average Bonchev–Trinajstić information content (AvgIpc) is 3.25. The topological polar surface area (TPSA) is 69.7 Å². The summed E-state index contributed by atoms with van der Waals surface area (Å²) in [6, 6.07) is 3.40. The molecule has 1 amide bonds. The minimum absolute atomic E-state index is 0.0950. The second-order valence-corrected chi connectivity index (χ2v) is 10.0. The zero-order valence-electron chi connectivity index (χ0n) is 14.2. The lowest BCUT2D eigenvalue weighted by atomic mass is 10.0. The molecule has 0 radical (unpaired) electrons. The van der Waals surface area contributed by atoms with E-state index in [2.05, 4.69) is 12.2 Å². The van der Waals surface area contributed by atoms with E-state index in [1.807, 2.05) is 0 Å². The van der Waals surface area contributed by atoms with Gasteiger partial charge in [0.15, 0.2) is 0 Å². The van der Waals surface area contributed by atoms with Crippen molar-refractivity contribution in [1.29, 1.82) is 0 Å². The largest absolute Gasteiger partial charge is 0.337 e. The zero-order chi connectivity index (χ0) is 17.3. The highest BCUT2D eigenvalue weighted by atomic mass is 32.2. The van der Waals surface area contributed by atoms with E-state index in [0.29, 0.717) is 23.9 Å². The summed E-state index contributed by atoms with van der Waals surface area (Å²) in [4.78, 5) is 14.8. The molecule has 0 bridgehead atoms. The van der Waals surface area contributed by atoms with Gasteiger partial charge in [-0.2, -0.15) is 4.31 Å². The molecule has 3 heterocycles. The number of nitrogens with one attached hydrogen (secondary N) is 1. The molecule has 2 aliphatic rings. The van der Waals surface area contributed by atoms with Crippen molar-refractivity contribution in [3.05, 3.63) is 17.0 Å². The zero-order valence-corrected chi connectivity index (χ0v) is 15.8. The highest BCUT2D eigenvalue weighted by Gasteiger charge is 2.31. The number of piperidine rings is 1. The first-order valence-electron chi connectivity index (χ1n) is 8.47. The number of rotatable bonds is 4. The van der Waals surface area contributed by atoms with Crippen LogP contribution in [-0.4, -0.2) is 62.8 Å². The molecule has 8 heteroatoms. The summed E-state index contributed by atoms with van der Waals surface area (Å²) < 4.78 is 27.3. The lowest BCUT2D eigenvalue weighted by molar-refractivity contribution is 0.0748. The van der Waals surface area contributed by atoms with Crippen LogP contribution in [0.25, 0.3) is 0 Å². The molecule has 0 spiro atoms. The maximum atomic E-state index is 12.8. The number of hydrogen-bond donors (Lipinski definition) is 1. The van der Waals surface area contributed by atoms with Crippen LogP contribution in [0.1, 0.15) is 35.9 Å². The number of nitrogens with zero attached hydrogens (tertiary/aromatic N) is 2. The van der Waals surface area contributed by atoms with Crippen molar-refractivity contribution in [2.45, 2.75) is 36.4 Å². The molecule has 1 atom stereocenters. The SMILES string of the molecule is CC1CCN(S(=O)(=O)c2ccc(C(=O)N(C)C3CCNC3)s2)CC1. The van der Waals surface area contributed by atoms with E-state index in [1.54, 1.807) is 28.4 Å². The van der Waals surface area contributed by atoms with Gasteiger partial charge in [-0.15, -0.1) is 11.3 Å². The van der Waals surface area contributed by atoms with Crippen molar-refractivity contribution in [1.82, 2.24) is 14.5 Å². The van der Waals surface area contributed by atoms with Crippen LogP contribution < -0.4 is 5.32 Å². The summed E-state index contributed by atoms with van der Waals surface area (Å²) in [5.74, 6) is 0.480. The number of thiophene rings is 1. The third-order valence-corrected chi connectivity index (χ3v) is 8.47. The van der Waals surface area contributed by atoms with Gasteiger partial charge in [-0.3, -0.25) is 4.79 Å². The molecular weight excluding hydrogens is 346 g/mol. The maximum Gasteiger partial charge on any atom is 0.263 e. The van der Waals surface area contributed by atoms with E-state index >= 15 is 0 Å². The molecule has 134 valence electrons. The van der Waals surface area contributed by atoms with Crippen LogP contribution in [0.2, 0.25) is 0 Å². The van der Waals surface area contributed by atoms with Crippen LogP contribution in [-0.2, 0) is 10.0 Å². The summed E-state index contributed by atoms with van der Waals surface area (Å²) in [6.07, 6.45) is 2.73. The fraction of sp³-hybridized carbons (Fsp3) is 0.688. The van der Waals surface area contributed by atoms with E-state index in [4.69, 9.17) is 0 Å². The number of carbonyl (C=O) groups is 1. The van der Waals surface area contributed by atoms with Gasteiger partial charge in [0.05, 0.1) is 4.88 Å². The minimum atomic E-state index is -3.47. The normalized spacial score (nSPS) is 23.5. The highest BCUT2D eigenvalue weighted by Crippen LogP contribution is 2.29. The molecule has 2 aliphatic heterocycles. The third-order valence-electron chi connectivity index (χ3n) is 5.03. The van der Waals surface area contributed by atoms with Gasteiger partial charge in [0.1, 0.15) is 4.21 Å². The Bertz CT molecular complexity index is 687. The molecule has 6 nitrogen and oxygen atoms in total. The molecule has 0 aromatic carbocycles. The van der Waals surface area contributed by atoms with Crippen molar-refractivity contribution in [2.24, 2.45) is 5.92 Å². The maximum absolute atomic E-state index is 12.8. The predicted octanol–water partition coefficient (Wildman–Crippen LogP) is 1.60. The molecule has 1 unspecified atom stereocenters. The first-order valence-corrected chi connectivity index (χ1v) is 10.7. The van der Waals surface area contributed by atoms with Gasteiger partial charge in [0, 0.05) is 32.7 Å². The third kappa shape index (κ3) is 3.51. The standard InChI is InChI=1S/C16H25N3O3S2/c1-12-6-9-19(10-7-12)24(21,22)15-4-3-14(23-15)16(20)18(2)13-5-8-17-11-13/h3-4,12-13,17H,5-11H2,1-2H3. The fourth-order valence-electron chi connectivity index (χ4n) is 3.24. The van der Waals surface area contributed by atoms with E-state index in [1.165, 1.54) is 0 Å². The molecule has 0 aliphatic carbocycles. The monoisotopic (exact) mass is 371 g/mol. The molecule has 1 N–H and O–H groups in total. The minimum Gasteiger partial charge on any atom is -0.337 e. The number of carbonyl (C=O) groups excluding carboxylic acids is 1. The molecule has 1 aromatic heterocycles. The molecular formula is C16H25N3O3S2. The van der Waals surface area contributed by atoms with Crippen LogP contribution in [0.3, 0.4) is 0 Å². The first kappa shape index (κ1) is 17.8. The number of likely N-dealkylation sites (N-methyl/N-ethyl adjacent to an activating group) is 1. The van der Waals surface area contributed by atoms with Crippen LogP contribution in [0, 0.1) is 5.92 Å². The molecule has 24 heavy (non-hydrogen) atoms. The van der Waals surface area contributed by atoms with E-state index in [0.717, 1.165) is 43.7 Å². The van der Waals surface area contributed by atoms with E-state index in [9.17, 15) is 13.2 Å². The van der Waals surface area contributed by atoms with Crippen molar-refractivity contribution in [2.75, 3.05) is 33.2 Å². The number of sulfonamides is 1. The van der Waals surface area contributed by atoms with Gasteiger partial charge in [-0.05, 0) is 43.9 Å². The van der Waals surface area contributed by atoms with Gasteiger partial charge >= 0.3 is 0 Å². The lowest BCUT2D eigenvalue weighted by Crippen LogP contribution is -2.38. The summed E-state index contributed by atoms with van der Waals surface area (Å²) in [7, 11) is -1.68. The Morgan fingerprint density at radius 3 is 2.62 bits per heavy atom. The Balaban J connectivity index is 1.73. The number of amides is 1. The molecule has 2 fully saturated rings. The quantitative estimate of drug-likeness (QED) is 0.873. The molecule has 1 aromatic rings. The summed E-state index contributed by atoms with van der Waals surface area (Å²) in [6.45, 7) is 5.00. The van der Waals surface area contributed by atoms with Crippen molar-refractivity contribution < 1.29 is 13.2 Å². The van der Waals surface area contributed by atoms with Gasteiger partial charge in [0.2, 0.25) is 0 Å². The Kier molecular flexibility index (Phi) is 5.29. The Morgan fingerprint density at radius 1 is 1.29 bits per heavy atom. The second kappa shape index (κ2) is 7.11. The second-order valence-electron chi connectivity index (χ2n) is 6.77. The smallest absolute Gasteiger partial charge is 0.263 e. The molecule has 2 saturated heterocycles. The van der Waals surface area contributed by atoms with Gasteiger partial charge < -0.3 is 10.2 Å². The molecule has 3 rings (SSSR count). The van der Waals surface area contributed by atoms with Gasteiger partial charge in [-0.1, -0.05) is 6.92 Å². The van der Waals surface area contributed by atoms with Crippen LogP contribution >= 0.6 is 11.3 Å². The Hall–Kier alpha value is -0.960. The van der Waals surface area contributed by atoms with Crippen molar-refractivity contribution in [3.63, 3.8) is 0 Å². The van der Waals surface area contributed by atoms with Crippen LogP contribution in [0.15, 0.2) is 16.3 Å². The van der Waals surface area contributed by atoms with Crippen LogP contribution in [0.4, 0.5) is 0 Å². The van der Waals surface area contributed by atoms with Gasteiger partial charge in [-0.25, -0.2) is 8.42 Å². The van der Waals surface area contributed by atoms with Gasteiger partial charge in [0.25, 0.3) is 15.9 Å². The predicted molar refractivity (Wildman–Crippen MR) is 94.8 cm³/mol. The Labute approximate surface area is 147 Å². The summed E-state index contributed by atoms with van der Waals surface area (Å²) >= 11 is 1.09. The lowest BCUT2D eigenvalue weighted by Gasteiger charge is -2.28. The molecule has 0 saturated carbocycles. The van der Waals surface area contributed by atoms with Crippen LogP contribution in [0.5, 0.6) is 0 Å². The van der Waals surface area contributed by atoms with E-state index < -0.39 is 10.0 Å². The first-order chi connectivity index (χ1) is 11.4. The Morgan fingerprint density at radius 2 is 2.00 bits per heavy atom. The van der Waals surface area contributed by atoms with Crippen molar-refractivity contribution >= 4 is 27.3 Å². The van der Waals surface area contributed by atoms with Crippen molar-refractivity contribution in [3.8, 4) is 0 Å². The average molecular weight is 372 g/mol. The summed E-state index contributed by atoms with van der Waals surface area (Å²) in [5.41, 5.74) is 0. The van der Waals surface area contributed by atoms with E-state index in [-0.39, 0.29) is 16.2 Å². The highest BCUT2D eigenvalue weighted by molar-refractivity contribution is 7.91. The fourth-order valence-corrected chi connectivity index (χ4v) is 6.15. The number of hydrogen-bond acceptors (Lipinski definition) is 5.